The molecule has 0 atom stereocenters. The molecule has 0 amide bonds. The zero-order valence-corrected chi connectivity index (χ0v) is 5.87. The van der Waals surface area contributed by atoms with Crippen LogP contribution in [0.1, 0.15) is 5.56 Å². The molecule has 0 aliphatic heterocycles. The van der Waals surface area contributed by atoms with Crippen LogP contribution >= 0.6 is 0 Å². The maximum atomic E-state index is 12.7. The van der Waals surface area contributed by atoms with Crippen LogP contribution in [0.25, 0.3) is 6.08 Å². The summed E-state index contributed by atoms with van der Waals surface area (Å²) in [6, 6.07) is 3.23. The molecule has 0 bridgehead atoms. The first-order valence-corrected chi connectivity index (χ1v) is 3.22. The molecule has 3 heteroatoms. The minimum atomic E-state index is -0.516. The largest absolute Gasteiger partial charge is 0.392 e. The SMILES string of the molecule is OCC=Cc1cccnc1F. The Hall–Kier alpha value is -1.22. The molecule has 11 heavy (non-hydrogen) atoms. The Labute approximate surface area is 64.0 Å². The van der Waals surface area contributed by atoms with Crippen molar-refractivity contribution in [3.05, 3.63) is 35.9 Å². The Morgan fingerprint density at radius 3 is 3.09 bits per heavy atom. The predicted octanol–water partition coefficient (Wildman–Crippen LogP) is 1.23. The second-order valence-electron chi connectivity index (χ2n) is 1.97. The highest BCUT2D eigenvalue weighted by molar-refractivity contribution is 5.47. The molecule has 0 aromatic carbocycles. The summed E-state index contributed by atoms with van der Waals surface area (Å²) >= 11 is 0. The van der Waals surface area contributed by atoms with Crippen LogP contribution in [0.3, 0.4) is 0 Å². The molecule has 1 rings (SSSR count). The molecule has 0 saturated heterocycles. The van der Waals surface area contributed by atoms with Crippen molar-refractivity contribution in [3.63, 3.8) is 0 Å². The summed E-state index contributed by atoms with van der Waals surface area (Å²) in [7, 11) is 0. The number of halogens is 1. The van der Waals surface area contributed by atoms with E-state index in [0.717, 1.165) is 0 Å². The molecular weight excluding hydrogens is 145 g/mol. The number of pyridine rings is 1. The highest BCUT2D eigenvalue weighted by Crippen LogP contribution is 2.04. The minimum Gasteiger partial charge on any atom is -0.392 e. The van der Waals surface area contributed by atoms with E-state index in [1.807, 2.05) is 0 Å². The molecule has 1 N–H and O–H groups in total. The third kappa shape index (κ3) is 2.13. The number of hydrogen-bond donors (Lipinski definition) is 1. The summed E-state index contributed by atoms with van der Waals surface area (Å²) in [4.78, 5) is 3.43. The van der Waals surface area contributed by atoms with Gasteiger partial charge in [-0.25, -0.2) is 4.98 Å². The lowest BCUT2D eigenvalue weighted by molar-refractivity contribution is 0.343. The molecule has 0 unspecified atom stereocenters. The van der Waals surface area contributed by atoms with Crippen molar-refractivity contribution < 1.29 is 9.50 Å². The lowest BCUT2D eigenvalue weighted by atomic mass is 10.2. The summed E-state index contributed by atoms with van der Waals surface area (Å²) in [5, 5.41) is 8.39. The van der Waals surface area contributed by atoms with Crippen molar-refractivity contribution in [2.24, 2.45) is 0 Å². The Balaban J connectivity index is 2.86. The smallest absolute Gasteiger partial charge is 0.220 e. The predicted molar refractivity (Wildman–Crippen MR) is 40.3 cm³/mol. The normalized spacial score (nSPS) is 10.7. The van der Waals surface area contributed by atoms with E-state index in [-0.39, 0.29) is 6.61 Å². The highest BCUT2D eigenvalue weighted by Gasteiger charge is 1.94. The molecular formula is C8H8FNO. The van der Waals surface area contributed by atoms with Crippen molar-refractivity contribution in [2.75, 3.05) is 6.61 Å². The molecule has 0 fully saturated rings. The zero-order chi connectivity index (χ0) is 8.10. The number of rotatable bonds is 2. The number of aromatic nitrogens is 1. The first-order valence-electron chi connectivity index (χ1n) is 3.22. The van der Waals surface area contributed by atoms with Gasteiger partial charge in [0.2, 0.25) is 5.95 Å². The molecule has 2 nitrogen and oxygen atoms in total. The Bertz CT molecular complexity index is 260. The average Bonchev–Trinajstić information content (AvgIpc) is 2.03. The third-order valence-electron chi connectivity index (χ3n) is 1.19. The molecule has 0 saturated carbocycles. The van der Waals surface area contributed by atoms with Crippen LogP contribution in [0.2, 0.25) is 0 Å². The monoisotopic (exact) mass is 153 g/mol. The van der Waals surface area contributed by atoms with Gasteiger partial charge in [0.15, 0.2) is 0 Å². The van der Waals surface area contributed by atoms with Gasteiger partial charge < -0.3 is 5.11 Å². The van der Waals surface area contributed by atoms with Crippen molar-refractivity contribution >= 4 is 6.08 Å². The van der Waals surface area contributed by atoms with Gasteiger partial charge in [0.1, 0.15) is 0 Å². The molecule has 58 valence electrons. The fourth-order valence-electron chi connectivity index (χ4n) is 0.702. The zero-order valence-electron chi connectivity index (χ0n) is 5.87. The van der Waals surface area contributed by atoms with E-state index in [2.05, 4.69) is 4.98 Å². The van der Waals surface area contributed by atoms with Gasteiger partial charge in [-0.1, -0.05) is 12.2 Å². The van der Waals surface area contributed by atoms with E-state index in [4.69, 9.17) is 5.11 Å². The summed E-state index contributed by atoms with van der Waals surface area (Å²) in [5.41, 5.74) is 0.390. The van der Waals surface area contributed by atoms with Gasteiger partial charge >= 0.3 is 0 Å². The second kappa shape index (κ2) is 3.83. The van der Waals surface area contributed by atoms with Gasteiger partial charge in [-0.05, 0) is 12.1 Å². The molecule has 1 aromatic heterocycles. The maximum Gasteiger partial charge on any atom is 0.220 e. The molecule has 0 radical (unpaired) electrons. The van der Waals surface area contributed by atoms with Crippen molar-refractivity contribution in [2.45, 2.75) is 0 Å². The molecule has 0 aliphatic carbocycles. The topological polar surface area (TPSA) is 33.1 Å². The van der Waals surface area contributed by atoms with E-state index in [0.29, 0.717) is 5.56 Å². The van der Waals surface area contributed by atoms with Gasteiger partial charge in [0.25, 0.3) is 0 Å². The van der Waals surface area contributed by atoms with Crippen molar-refractivity contribution in [3.8, 4) is 0 Å². The van der Waals surface area contributed by atoms with Gasteiger partial charge in [0.05, 0.1) is 6.61 Å². The summed E-state index contributed by atoms with van der Waals surface area (Å²) < 4.78 is 12.7. The van der Waals surface area contributed by atoms with E-state index in [1.54, 1.807) is 12.1 Å². The number of aliphatic hydroxyl groups is 1. The maximum absolute atomic E-state index is 12.7. The van der Waals surface area contributed by atoms with Crippen LogP contribution in [0.4, 0.5) is 4.39 Å². The van der Waals surface area contributed by atoms with E-state index >= 15 is 0 Å². The average molecular weight is 153 g/mol. The van der Waals surface area contributed by atoms with Gasteiger partial charge in [0, 0.05) is 11.8 Å². The lowest BCUT2D eigenvalue weighted by Gasteiger charge is -1.92. The Morgan fingerprint density at radius 1 is 1.64 bits per heavy atom. The number of aliphatic hydroxyl groups excluding tert-OH is 1. The molecule has 1 heterocycles. The molecule has 0 spiro atoms. The Kier molecular flexibility index (Phi) is 2.74. The Morgan fingerprint density at radius 2 is 2.45 bits per heavy atom. The lowest BCUT2D eigenvalue weighted by Crippen LogP contribution is -1.85. The summed E-state index contributed by atoms with van der Waals surface area (Å²) in [6.45, 7) is -0.0890. The van der Waals surface area contributed by atoms with Crippen molar-refractivity contribution in [1.82, 2.24) is 4.98 Å². The van der Waals surface area contributed by atoms with Crippen LogP contribution in [0.15, 0.2) is 24.4 Å². The quantitative estimate of drug-likeness (QED) is 0.648. The summed E-state index contributed by atoms with van der Waals surface area (Å²) in [5.74, 6) is -0.516. The summed E-state index contributed by atoms with van der Waals surface area (Å²) in [6.07, 6.45) is 4.33. The van der Waals surface area contributed by atoms with Gasteiger partial charge in [-0.2, -0.15) is 4.39 Å². The van der Waals surface area contributed by atoms with Crippen LogP contribution in [-0.2, 0) is 0 Å². The van der Waals surface area contributed by atoms with Crippen LogP contribution < -0.4 is 0 Å². The molecule has 0 aliphatic rings. The van der Waals surface area contributed by atoms with E-state index in [1.165, 1.54) is 18.3 Å². The number of nitrogens with zero attached hydrogens (tertiary/aromatic N) is 1. The highest BCUT2D eigenvalue weighted by atomic mass is 19.1. The second-order valence-corrected chi connectivity index (χ2v) is 1.97. The van der Waals surface area contributed by atoms with E-state index < -0.39 is 5.95 Å². The van der Waals surface area contributed by atoms with Gasteiger partial charge in [-0.3, -0.25) is 0 Å². The van der Waals surface area contributed by atoms with Crippen LogP contribution in [-0.4, -0.2) is 16.7 Å². The first-order chi connectivity index (χ1) is 5.34. The van der Waals surface area contributed by atoms with E-state index in [9.17, 15) is 4.39 Å². The van der Waals surface area contributed by atoms with Gasteiger partial charge in [-0.15, -0.1) is 0 Å². The number of hydrogen-bond acceptors (Lipinski definition) is 2. The fourth-order valence-corrected chi connectivity index (χ4v) is 0.702. The standard InChI is InChI=1S/C8H8FNO/c9-8-7(4-2-6-11)3-1-5-10-8/h1-5,11H,6H2. The van der Waals surface area contributed by atoms with Crippen LogP contribution in [0, 0.1) is 5.95 Å². The third-order valence-corrected chi connectivity index (χ3v) is 1.19. The first kappa shape index (κ1) is 7.88. The fraction of sp³-hybridized carbons (Fsp3) is 0.125. The minimum absolute atomic E-state index is 0.0890. The molecule has 1 aromatic rings. The van der Waals surface area contributed by atoms with Crippen molar-refractivity contribution in [1.29, 1.82) is 0 Å². The van der Waals surface area contributed by atoms with Crippen LogP contribution in [0.5, 0.6) is 0 Å².